The van der Waals surface area contributed by atoms with Crippen molar-refractivity contribution in [1.29, 1.82) is 0 Å². The predicted molar refractivity (Wildman–Crippen MR) is 55.4 cm³/mol. The Morgan fingerprint density at radius 1 is 1.18 bits per heavy atom. The van der Waals surface area contributed by atoms with Gasteiger partial charge in [0.05, 0.1) is 13.2 Å². The van der Waals surface area contributed by atoms with E-state index in [1.54, 1.807) is 0 Å². The maximum Gasteiger partial charge on any atom is 0.0594 e. The third kappa shape index (κ3) is 4.28. The van der Waals surface area contributed by atoms with Gasteiger partial charge in [-0.2, -0.15) is 0 Å². The summed E-state index contributed by atoms with van der Waals surface area (Å²) in [5, 5.41) is 0. The second kappa shape index (κ2) is 6.20. The van der Waals surface area contributed by atoms with Crippen molar-refractivity contribution in [1.82, 2.24) is 4.90 Å². The van der Waals surface area contributed by atoms with Crippen molar-refractivity contribution < 1.29 is 4.74 Å². The maximum absolute atomic E-state index is 5.26. The molecule has 2 nitrogen and oxygen atoms in total. The number of nitrogens with zero attached hydrogens (tertiary/aromatic N) is 1. The van der Waals surface area contributed by atoms with E-state index in [9.17, 15) is 0 Å². The second-order valence-corrected chi connectivity index (χ2v) is 3.93. The van der Waals surface area contributed by atoms with Gasteiger partial charge in [0.2, 0.25) is 0 Å². The zero-order chi connectivity index (χ0) is 7.94. The Morgan fingerprint density at radius 2 is 1.91 bits per heavy atom. The number of unbranched alkanes of at least 4 members (excludes halogenated alkanes) is 1. The molecule has 0 atom stereocenters. The summed E-state index contributed by atoms with van der Waals surface area (Å²) < 4.78 is 6.56. The molecule has 0 aromatic carbocycles. The summed E-state index contributed by atoms with van der Waals surface area (Å²) in [5.74, 6) is 0. The molecule has 1 heterocycles. The molecule has 0 aromatic rings. The van der Waals surface area contributed by atoms with Crippen molar-refractivity contribution in [2.24, 2.45) is 0 Å². The lowest BCUT2D eigenvalue weighted by atomic mass is 10.3. The van der Waals surface area contributed by atoms with E-state index in [1.165, 1.54) is 23.8 Å². The van der Waals surface area contributed by atoms with E-state index in [0.717, 1.165) is 26.3 Å². The van der Waals surface area contributed by atoms with Gasteiger partial charge in [0.1, 0.15) is 0 Å². The van der Waals surface area contributed by atoms with Gasteiger partial charge in [-0.3, -0.25) is 4.90 Å². The van der Waals surface area contributed by atoms with E-state index in [1.807, 2.05) is 0 Å². The summed E-state index contributed by atoms with van der Waals surface area (Å²) >= 11 is 2.44. The monoisotopic (exact) mass is 269 g/mol. The van der Waals surface area contributed by atoms with Crippen LogP contribution in [0.3, 0.4) is 0 Å². The Labute approximate surface area is 82.4 Å². The zero-order valence-electron chi connectivity index (χ0n) is 6.89. The van der Waals surface area contributed by atoms with Gasteiger partial charge < -0.3 is 4.74 Å². The molecule has 1 saturated heterocycles. The molecule has 3 heteroatoms. The average Bonchev–Trinajstić information content (AvgIpc) is 2.07. The summed E-state index contributed by atoms with van der Waals surface area (Å²) in [4.78, 5) is 2.50. The molecular formula is C8H16INO. The topological polar surface area (TPSA) is 12.5 Å². The Hall–Kier alpha value is 0.650. The first kappa shape index (κ1) is 9.74. The normalized spacial score (nSPS) is 20.5. The van der Waals surface area contributed by atoms with Crippen molar-refractivity contribution >= 4 is 22.6 Å². The average molecular weight is 269 g/mol. The number of hydrogen-bond donors (Lipinski definition) is 0. The van der Waals surface area contributed by atoms with Gasteiger partial charge >= 0.3 is 0 Å². The highest BCUT2D eigenvalue weighted by Crippen LogP contribution is 2.01. The highest BCUT2D eigenvalue weighted by molar-refractivity contribution is 14.1. The highest BCUT2D eigenvalue weighted by Gasteiger charge is 2.08. The molecule has 0 unspecified atom stereocenters. The summed E-state index contributed by atoms with van der Waals surface area (Å²) in [5.41, 5.74) is 0. The molecule has 1 fully saturated rings. The number of ether oxygens (including phenoxy) is 1. The first-order valence-corrected chi connectivity index (χ1v) is 5.82. The zero-order valence-corrected chi connectivity index (χ0v) is 9.05. The van der Waals surface area contributed by atoms with Crippen molar-refractivity contribution in [2.75, 3.05) is 37.3 Å². The van der Waals surface area contributed by atoms with Gasteiger partial charge in [0, 0.05) is 13.1 Å². The van der Waals surface area contributed by atoms with Crippen molar-refractivity contribution in [3.05, 3.63) is 0 Å². The van der Waals surface area contributed by atoms with E-state index >= 15 is 0 Å². The van der Waals surface area contributed by atoms with Crippen LogP contribution < -0.4 is 0 Å². The molecular weight excluding hydrogens is 253 g/mol. The summed E-state index contributed by atoms with van der Waals surface area (Å²) in [6, 6.07) is 0. The van der Waals surface area contributed by atoms with Gasteiger partial charge in [0.15, 0.2) is 0 Å². The van der Waals surface area contributed by atoms with Crippen LogP contribution in [0.15, 0.2) is 0 Å². The SMILES string of the molecule is ICCCCN1CCOCC1. The largest absolute Gasteiger partial charge is 0.379 e. The van der Waals surface area contributed by atoms with Crippen molar-refractivity contribution in [3.63, 3.8) is 0 Å². The molecule has 0 N–H and O–H groups in total. The summed E-state index contributed by atoms with van der Waals surface area (Å²) in [6.07, 6.45) is 2.71. The van der Waals surface area contributed by atoms with Gasteiger partial charge in [-0.25, -0.2) is 0 Å². The molecule has 0 saturated carbocycles. The minimum absolute atomic E-state index is 0.935. The fourth-order valence-electron chi connectivity index (χ4n) is 1.25. The number of rotatable bonds is 4. The maximum atomic E-state index is 5.26. The summed E-state index contributed by atoms with van der Waals surface area (Å²) in [6.45, 7) is 5.42. The van der Waals surface area contributed by atoms with Crippen LogP contribution in [0.5, 0.6) is 0 Å². The molecule has 1 aliphatic heterocycles. The molecule has 66 valence electrons. The predicted octanol–water partition coefficient (Wildman–Crippen LogP) is 1.53. The molecule has 0 radical (unpaired) electrons. The van der Waals surface area contributed by atoms with E-state index in [0.29, 0.717) is 0 Å². The van der Waals surface area contributed by atoms with Crippen molar-refractivity contribution in [2.45, 2.75) is 12.8 Å². The number of hydrogen-bond acceptors (Lipinski definition) is 2. The molecule has 0 amide bonds. The van der Waals surface area contributed by atoms with E-state index in [4.69, 9.17) is 4.74 Å². The van der Waals surface area contributed by atoms with E-state index in [-0.39, 0.29) is 0 Å². The van der Waals surface area contributed by atoms with E-state index in [2.05, 4.69) is 27.5 Å². The minimum Gasteiger partial charge on any atom is -0.379 e. The Bertz CT molecular complexity index is 94.1. The lowest BCUT2D eigenvalue weighted by Crippen LogP contribution is -2.36. The van der Waals surface area contributed by atoms with Crippen LogP contribution in [0, 0.1) is 0 Å². The number of alkyl halides is 1. The lowest BCUT2D eigenvalue weighted by Gasteiger charge is -2.26. The molecule has 0 bridgehead atoms. The van der Waals surface area contributed by atoms with Crippen LogP contribution in [-0.2, 0) is 4.74 Å². The van der Waals surface area contributed by atoms with E-state index < -0.39 is 0 Å². The van der Waals surface area contributed by atoms with Crippen LogP contribution in [-0.4, -0.2) is 42.2 Å². The van der Waals surface area contributed by atoms with Crippen LogP contribution in [0.4, 0.5) is 0 Å². The fraction of sp³-hybridized carbons (Fsp3) is 1.00. The van der Waals surface area contributed by atoms with Crippen molar-refractivity contribution in [3.8, 4) is 0 Å². The molecule has 1 rings (SSSR count). The quantitative estimate of drug-likeness (QED) is 0.436. The standard InChI is InChI=1S/C8H16INO/c9-3-1-2-4-10-5-7-11-8-6-10/h1-8H2. The Morgan fingerprint density at radius 3 is 2.55 bits per heavy atom. The molecule has 0 spiro atoms. The van der Waals surface area contributed by atoms with Gasteiger partial charge in [0.25, 0.3) is 0 Å². The smallest absolute Gasteiger partial charge is 0.0594 e. The summed E-state index contributed by atoms with van der Waals surface area (Å²) in [7, 11) is 0. The highest BCUT2D eigenvalue weighted by atomic mass is 127. The van der Waals surface area contributed by atoms with Gasteiger partial charge in [-0.1, -0.05) is 22.6 Å². The first-order chi connectivity index (χ1) is 5.43. The molecule has 1 aliphatic rings. The van der Waals surface area contributed by atoms with Gasteiger partial charge in [-0.05, 0) is 23.8 Å². The lowest BCUT2D eigenvalue weighted by molar-refractivity contribution is 0.0374. The Kier molecular flexibility index (Phi) is 5.49. The Balaban J connectivity index is 1.96. The number of halogens is 1. The van der Waals surface area contributed by atoms with Crippen LogP contribution in [0.1, 0.15) is 12.8 Å². The second-order valence-electron chi connectivity index (χ2n) is 2.85. The third-order valence-electron chi connectivity index (χ3n) is 1.96. The first-order valence-electron chi connectivity index (χ1n) is 4.29. The molecule has 0 aromatic heterocycles. The van der Waals surface area contributed by atoms with Crippen LogP contribution >= 0.6 is 22.6 Å². The molecule has 0 aliphatic carbocycles. The van der Waals surface area contributed by atoms with Crippen LogP contribution in [0.2, 0.25) is 0 Å². The molecule has 11 heavy (non-hydrogen) atoms. The number of morpholine rings is 1. The fourth-order valence-corrected chi connectivity index (χ4v) is 1.79. The third-order valence-corrected chi connectivity index (χ3v) is 2.72. The van der Waals surface area contributed by atoms with Gasteiger partial charge in [-0.15, -0.1) is 0 Å². The van der Waals surface area contributed by atoms with Crippen LogP contribution in [0.25, 0.3) is 0 Å². The minimum atomic E-state index is 0.935.